The van der Waals surface area contributed by atoms with Gasteiger partial charge in [-0.05, 0) is 24.3 Å². The first kappa shape index (κ1) is 10.2. The molecule has 0 saturated heterocycles. The number of anilines is 1. The molecule has 0 radical (unpaired) electrons. The minimum absolute atomic E-state index is 0.282. The van der Waals surface area contributed by atoms with Crippen LogP contribution < -0.4 is 5.32 Å². The number of halogens is 1. The van der Waals surface area contributed by atoms with E-state index in [0.717, 1.165) is 0 Å². The highest BCUT2D eigenvalue weighted by molar-refractivity contribution is 6.04. The van der Waals surface area contributed by atoms with Crippen LogP contribution >= 0.6 is 0 Å². The topological polar surface area (TPSA) is 54.9 Å². The molecule has 5 heteroatoms. The molecule has 0 aliphatic carbocycles. The standard InChI is InChI=1S/C11H8FN3O/c12-10-2-1-9(7-14-10)15-11(16)8-3-5-13-6-4-8/h1-7H,(H,15,16). The summed E-state index contributed by atoms with van der Waals surface area (Å²) >= 11 is 0. The van der Waals surface area contributed by atoms with E-state index in [-0.39, 0.29) is 5.91 Å². The van der Waals surface area contributed by atoms with Gasteiger partial charge in [-0.3, -0.25) is 9.78 Å². The van der Waals surface area contributed by atoms with Gasteiger partial charge in [0.2, 0.25) is 5.95 Å². The summed E-state index contributed by atoms with van der Waals surface area (Å²) in [6, 6.07) is 5.81. The van der Waals surface area contributed by atoms with Crippen LogP contribution in [0.25, 0.3) is 0 Å². The van der Waals surface area contributed by atoms with Crippen molar-refractivity contribution in [2.45, 2.75) is 0 Å². The SMILES string of the molecule is O=C(Nc1ccc(F)nc1)c1ccncc1. The van der Waals surface area contributed by atoms with Crippen LogP contribution in [0.4, 0.5) is 10.1 Å². The van der Waals surface area contributed by atoms with Crippen molar-refractivity contribution in [3.63, 3.8) is 0 Å². The van der Waals surface area contributed by atoms with E-state index in [1.807, 2.05) is 0 Å². The third-order valence-electron chi connectivity index (χ3n) is 1.93. The average molecular weight is 217 g/mol. The predicted octanol–water partition coefficient (Wildman–Crippen LogP) is 1.87. The largest absolute Gasteiger partial charge is 0.321 e. The molecule has 2 aromatic heterocycles. The molecular weight excluding hydrogens is 209 g/mol. The number of hydrogen-bond donors (Lipinski definition) is 1. The number of rotatable bonds is 2. The molecule has 0 aromatic carbocycles. The smallest absolute Gasteiger partial charge is 0.255 e. The summed E-state index contributed by atoms with van der Waals surface area (Å²) < 4.78 is 12.5. The molecule has 2 aromatic rings. The van der Waals surface area contributed by atoms with Crippen molar-refractivity contribution in [3.05, 3.63) is 54.4 Å². The summed E-state index contributed by atoms with van der Waals surface area (Å²) in [6.07, 6.45) is 4.31. The van der Waals surface area contributed by atoms with Gasteiger partial charge in [-0.25, -0.2) is 4.98 Å². The minimum Gasteiger partial charge on any atom is -0.321 e. The van der Waals surface area contributed by atoms with Crippen LogP contribution in [-0.2, 0) is 0 Å². The fraction of sp³-hybridized carbons (Fsp3) is 0. The van der Waals surface area contributed by atoms with Gasteiger partial charge in [0.15, 0.2) is 0 Å². The Kier molecular flexibility index (Phi) is 2.86. The molecule has 0 saturated carbocycles. The van der Waals surface area contributed by atoms with Crippen LogP contribution in [0.5, 0.6) is 0 Å². The number of hydrogen-bond acceptors (Lipinski definition) is 3. The molecule has 4 nitrogen and oxygen atoms in total. The Bertz CT molecular complexity index is 484. The first-order valence-electron chi connectivity index (χ1n) is 4.58. The van der Waals surface area contributed by atoms with E-state index in [1.54, 1.807) is 12.1 Å². The molecule has 2 heterocycles. The summed E-state index contributed by atoms with van der Waals surface area (Å²) in [5.41, 5.74) is 0.933. The predicted molar refractivity (Wildman–Crippen MR) is 56.4 cm³/mol. The maximum Gasteiger partial charge on any atom is 0.255 e. The molecule has 80 valence electrons. The van der Waals surface area contributed by atoms with Gasteiger partial charge < -0.3 is 5.32 Å². The van der Waals surface area contributed by atoms with E-state index in [2.05, 4.69) is 15.3 Å². The third kappa shape index (κ3) is 2.38. The molecule has 0 unspecified atom stereocenters. The number of nitrogens with zero attached hydrogens (tertiary/aromatic N) is 2. The second kappa shape index (κ2) is 4.48. The highest BCUT2D eigenvalue weighted by atomic mass is 19.1. The van der Waals surface area contributed by atoms with Crippen LogP contribution in [0, 0.1) is 5.95 Å². The quantitative estimate of drug-likeness (QED) is 0.781. The third-order valence-corrected chi connectivity index (χ3v) is 1.93. The van der Waals surface area contributed by atoms with Crippen molar-refractivity contribution in [1.82, 2.24) is 9.97 Å². The van der Waals surface area contributed by atoms with Gasteiger partial charge in [-0.1, -0.05) is 0 Å². The zero-order chi connectivity index (χ0) is 11.4. The van der Waals surface area contributed by atoms with E-state index < -0.39 is 5.95 Å². The molecule has 1 N–H and O–H groups in total. The molecule has 1 amide bonds. The molecule has 16 heavy (non-hydrogen) atoms. The van der Waals surface area contributed by atoms with Crippen LogP contribution in [0.3, 0.4) is 0 Å². The first-order chi connectivity index (χ1) is 7.75. The van der Waals surface area contributed by atoms with Gasteiger partial charge in [0.1, 0.15) is 0 Å². The molecule has 0 spiro atoms. The lowest BCUT2D eigenvalue weighted by Crippen LogP contribution is -2.11. The summed E-state index contributed by atoms with van der Waals surface area (Å²) in [7, 11) is 0. The Morgan fingerprint density at radius 1 is 1.19 bits per heavy atom. The van der Waals surface area contributed by atoms with E-state index in [1.165, 1.54) is 30.7 Å². The number of amides is 1. The molecule has 0 atom stereocenters. The molecule has 2 rings (SSSR count). The van der Waals surface area contributed by atoms with Crippen molar-refractivity contribution in [2.75, 3.05) is 5.32 Å². The minimum atomic E-state index is -0.582. The second-order valence-corrected chi connectivity index (χ2v) is 3.06. The summed E-state index contributed by atoms with van der Waals surface area (Å²) in [4.78, 5) is 18.9. The second-order valence-electron chi connectivity index (χ2n) is 3.06. The maximum atomic E-state index is 12.5. The highest BCUT2D eigenvalue weighted by Gasteiger charge is 2.05. The van der Waals surface area contributed by atoms with Gasteiger partial charge >= 0.3 is 0 Å². The van der Waals surface area contributed by atoms with Crippen LogP contribution in [0.2, 0.25) is 0 Å². The molecular formula is C11H8FN3O. The fourth-order valence-corrected chi connectivity index (χ4v) is 1.16. The van der Waals surface area contributed by atoms with Crippen LogP contribution in [-0.4, -0.2) is 15.9 Å². The number of nitrogens with one attached hydrogen (secondary N) is 1. The van der Waals surface area contributed by atoms with Crippen molar-refractivity contribution >= 4 is 11.6 Å². The zero-order valence-corrected chi connectivity index (χ0v) is 8.22. The highest BCUT2D eigenvalue weighted by Crippen LogP contribution is 2.07. The van der Waals surface area contributed by atoms with E-state index >= 15 is 0 Å². The molecule has 0 fully saturated rings. The normalized spacial score (nSPS) is 9.81. The van der Waals surface area contributed by atoms with Gasteiger partial charge in [-0.2, -0.15) is 4.39 Å². The number of pyridine rings is 2. The summed E-state index contributed by atoms with van der Waals surface area (Å²) in [5, 5.41) is 2.59. The summed E-state index contributed by atoms with van der Waals surface area (Å²) in [6.45, 7) is 0. The molecule has 0 bridgehead atoms. The van der Waals surface area contributed by atoms with Gasteiger partial charge in [0, 0.05) is 18.0 Å². The zero-order valence-electron chi connectivity index (χ0n) is 8.22. The molecule has 0 aliphatic rings. The Hall–Kier alpha value is -2.30. The first-order valence-corrected chi connectivity index (χ1v) is 4.58. The Morgan fingerprint density at radius 3 is 2.56 bits per heavy atom. The Morgan fingerprint density at radius 2 is 1.94 bits per heavy atom. The van der Waals surface area contributed by atoms with Crippen molar-refractivity contribution in [3.8, 4) is 0 Å². The molecule has 0 aliphatic heterocycles. The van der Waals surface area contributed by atoms with E-state index in [9.17, 15) is 9.18 Å². The Labute approximate surface area is 91.2 Å². The lowest BCUT2D eigenvalue weighted by Gasteiger charge is -2.03. The van der Waals surface area contributed by atoms with Gasteiger partial charge in [0.25, 0.3) is 5.91 Å². The Balaban J connectivity index is 2.11. The average Bonchev–Trinajstić information content (AvgIpc) is 2.33. The van der Waals surface area contributed by atoms with Crippen LogP contribution in [0.15, 0.2) is 42.9 Å². The fourth-order valence-electron chi connectivity index (χ4n) is 1.16. The monoisotopic (exact) mass is 217 g/mol. The van der Waals surface area contributed by atoms with Crippen molar-refractivity contribution in [2.24, 2.45) is 0 Å². The van der Waals surface area contributed by atoms with E-state index in [0.29, 0.717) is 11.3 Å². The summed E-state index contributed by atoms with van der Waals surface area (Å²) in [5.74, 6) is -0.863. The van der Waals surface area contributed by atoms with Gasteiger partial charge in [-0.15, -0.1) is 0 Å². The lowest BCUT2D eigenvalue weighted by molar-refractivity contribution is 0.102. The number of carbonyl (C=O) groups excluding carboxylic acids is 1. The number of carbonyl (C=O) groups is 1. The van der Waals surface area contributed by atoms with Crippen molar-refractivity contribution in [1.29, 1.82) is 0 Å². The van der Waals surface area contributed by atoms with Crippen molar-refractivity contribution < 1.29 is 9.18 Å². The lowest BCUT2D eigenvalue weighted by atomic mass is 10.2. The maximum absolute atomic E-state index is 12.5. The number of aromatic nitrogens is 2. The van der Waals surface area contributed by atoms with E-state index in [4.69, 9.17) is 0 Å². The van der Waals surface area contributed by atoms with Crippen LogP contribution in [0.1, 0.15) is 10.4 Å². The van der Waals surface area contributed by atoms with Gasteiger partial charge in [0.05, 0.1) is 11.9 Å².